The molecule has 0 aliphatic carbocycles. The third kappa shape index (κ3) is 5.05. The van der Waals surface area contributed by atoms with E-state index in [0.29, 0.717) is 11.8 Å². The molecule has 2 heteroatoms. The first-order chi connectivity index (χ1) is 5.57. The second-order valence-electron chi connectivity index (χ2n) is 3.57. The lowest BCUT2D eigenvalue weighted by Crippen LogP contribution is -2.08. The number of hydrogen-bond donors (Lipinski definition) is 2. The van der Waals surface area contributed by atoms with Gasteiger partial charge in [0.1, 0.15) is 0 Å². The van der Waals surface area contributed by atoms with Crippen molar-refractivity contribution in [1.29, 1.82) is 0 Å². The zero-order chi connectivity index (χ0) is 9.56. The fourth-order valence-electron chi connectivity index (χ4n) is 1.22. The molecule has 0 rings (SSSR count). The fraction of sp³-hybridized carbons (Fsp3) is 0.800. The second-order valence-corrected chi connectivity index (χ2v) is 3.57. The number of rotatable bonds is 5. The van der Waals surface area contributed by atoms with Gasteiger partial charge in [-0.1, -0.05) is 40.0 Å². The summed E-state index contributed by atoms with van der Waals surface area (Å²) < 4.78 is 0. The number of unbranched alkanes of at least 4 members (excludes halogenated alkanes) is 1. The summed E-state index contributed by atoms with van der Waals surface area (Å²) in [6, 6.07) is 0. The summed E-state index contributed by atoms with van der Waals surface area (Å²) in [5, 5.41) is 8.84. The maximum absolute atomic E-state index is 8.84. The van der Waals surface area contributed by atoms with Crippen LogP contribution in [0.1, 0.15) is 40.0 Å². The van der Waals surface area contributed by atoms with Gasteiger partial charge in [0.2, 0.25) is 0 Å². The zero-order valence-corrected chi connectivity index (χ0v) is 8.38. The maximum Gasteiger partial charge on any atom is 0.177 e. The molecular weight excluding hydrogens is 150 g/mol. The first kappa shape index (κ1) is 11.3. The standard InChI is InChI=1S/C10H21NO/c1-4-5-6-8(2)9(3)7-10(11)12/h7-9,12H,4-6,11H2,1-3H3/b10-7-/t8-,9+/m1/s1. The topological polar surface area (TPSA) is 46.2 Å². The molecule has 0 saturated heterocycles. The minimum Gasteiger partial charge on any atom is -0.495 e. The Labute approximate surface area is 75.5 Å². The van der Waals surface area contributed by atoms with E-state index in [9.17, 15) is 0 Å². The van der Waals surface area contributed by atoms with Gasteiger partial charge in [0.15, 0.2) is 5.88 Å². The molecule has 2 atom stereocenters. The lowest BCUT2D eigenvalue weighted by atomic mass is 9.91. The van der Waals surface area contributed by atoms with E-state index in [2.05, 4.69) is 20.8 Å². The predicted molar refractivity (Wildman–Crippen MR) is 52.8 cm³/mol. The average Bonchev–Trinajstić information content (AvgIpc) is 1.98. The molecule has 0 aromatic carbocycles. The van der Waals surface area contributed by atoms with Gasteiger partial charge in [-0.25, -0.2) is 0 Å². The predicted octanol–water partition coefficient (Wildman–Crippen LogP) is 2.81. The lowest BCUT2D eigenvalue weighted by Gasteiger charge is -2.15. The number of nitrogens with two attached hydrogens (primary N) is 1. The van der Waals surface area contributed by atoms with Crippen LogP contribution in [0.2, 0.25) is 0 Å². The highest BCUT2D eigenvalue weighted by Gasteiger charge is 2.09. The molecule has 0 unspecified atom stereocenters. The Morgan fingerprint density at radius 1 is 1.50 bits per heavy atom. The largest absolute Gasteiger partial charge is 0.495 e. The molecule has 0 aromatic heterocycles. The van der Waals surface area contributed by atoms with E-state index in [1.54, 1.807) is 6.08 Å². The minimum absolute atomic E-state index is 0.0501. The summed E-state index contributed by atoms with van der Waals surface area (Å²) in [6.45, 7) is 6.47. The molecule has 0 aliphatic rings. The van der Waals surface area contributed by atoms with Crippen LogP contribution in [0.5, 0.6) is 0 Å². The molecule has 3 N–H and O–H groups in total. The fourth-order valence-corrected chi connectivity index (χ4v) is 1.22. The third-order valence-corrected chi connectivity index (χ3v) is 2.34. The molecule has 0 aliphatic heterocycles. The highest BCUT2D eigenvalue weighted by Crippen LogP contribution is 2.19. The highest BCUT2D eigenvalue weighted by molar-refractivity contribution is 4.90. The van der Waals surface area contributed by atoms with Crippen molar-refractivity contribution in [1.82, 2.24) is 0 Å². The number of aliphatic hydroxyl groups is 1. The molecule has 12 heavy (non-hydrogen) atoms. The lowest BCUT2D eigenvalue weighted by molar-refractivity contribution is 0.369. The van der Waals surface area contributed by atoms with Crippen LogP contribution < -0.4 is 5.73 Å². The van der Waals surface area contributed by atoms with E-state index in [-0.39, 0.29) is 5.88 Å². The van der Waals surface area contributed by atoms with E-state index >= 15 is 0 Å². The van der Waals surface area contributed by atoms with Crippen LogP contribution in [-0.2, 0) is 0 Å². The second kappa shape index (κ2) is 5.92. The summed E-state index contributed by atoms with van der Waals surface area (Å²) in [6.07, 6.45) is 5.42. The Hall–Kier alpha value is -0.660. The molecule has 0 spiro atoms. The van der Waals surface area contributed by atoms with Gasteiger partial charge in [-0.2, -0.15) is 0 Å². The van der Waals surface area contributed by atoms with Gasteiger partial charge in [-0.3, -0.25) is 0 Å². The molecule has 0 saturated carbocycles. The molecule has 0 heterocycles. The van der Waals surface area contributed by atoms with Crippen molar-refractivity contribution < 1.29 is 5.11 Å². The van der Waals surface area contributed by atoms with Crippen molar-refractivity contribution in [3.8, 4) is 0 Å². The molecule has 2 nitrogen and oxygen atoms in total. The van der Waals surface area contributed by atoms with Crippen molar-refractivity contribution in [2.45, 2.75) is 40.0 Å². The SMILES string of the molecule is CCCC[C@@H](C)[C@@H](C)/C=C(/N)O. The summed E-state index contributed by atoms with van der Waals surface area (Å²) >= 11 is 0. The van der Waals surface area contributed by atoms with Crippen LogP contribution in [0.3, 0.4) is 0 Å². The summed E-state index contributed by atoms with van der Waals surface area (Å²) in [7, 11) is 0. The Morgan fingerprint density at radius 3 is 2.50 bits per heavy atom. The summed E-state index contributed by atoms with van der Waals surface area (Å²) in [5.74, 6) is 0.933. The normalized spacial score (nSPS) is 17.4. The van der Waals surface area contributed by atoms with Gasteiger partial charge in [-0.15, -0.1) is 0 Å². The number of hydrogen-bond acceptors (Lipinski definition) is 2. The summed E-state index contributed by atoms with van der Waals surface area (Å²) in [5.41, 5.74) is 5.18. The molecule has 72 valence electrons. The highest BCUT2D eigenvalue weighted by atomic mass is 16.3. The van der Waals surface area contributed by atoms with Gasteiger partial charge < -0.3 is 10.8 Å². The average molecular weight is 171 g/mol. The van der Waals surface area contributed by atoms with E-state index in [1.807, 2.05) is 0 Å². The van der Waals surface area contributed by atoms with Gasteiger partial charge in [-0.05, 0) is 17.9 Å². The van der Waals surface area contributed by atoms with Crippen molar-refractivity contribution >= 4 is 0 Å². The maximum atomic E-state index is 8.84. The van der Waals surface area contributed by atoms with Crippen molar-refractivity contribution in [2.75, 3.05) is 0 Å². The molecular formula is C10H21NO. The van der Waals surface area contributed by atoms with E-state index in [0.717, 1.165) is 0 Å². The molecule has 0 amide bonds. The Morgan fingerprint density at radius 2 is 2.08 bits per heavy atom. The van der Waals surface area contributed by atoms with Crippen LogP contribution >= 0.6 is 0 Å². The smallest absolute Gasteiger partial charge is 0.177 e. The van der Waals surface area contributed by atoms with E-state index < -0.39 is 0 Å². The van der Waals surface area contributed by atoms with Crippen LogP contribution in [-0.4, -0.2) is 5.11 Å². The van der Waals surface area contributed by atoms with Crippen LogP contribution in [0, 0.1) is 11.8 Å². The molecule has 0 radical (unpaired) electrons. The van der Waals surface area contributed by atoms with E-state index in [4.69, 9.17) is 10.8 Å². The molecule has 0 bridgehead atoms. The van der Waals surface area contributed by atoms with Gasteiger partial charge >= 0.3 is 0 Å². The quantitative estimate of drug-likeness (QED) is 0.625. The van der Waals surface area contributed by atoms with Crippen molar-refractivity contribution in [3.05, 3.63) is 12.0 Å². The zero-order valence-electron chi connectivity index (χ0n) is 8.38. The van der Waals surface area contributed by atoms with Crippen molar-refractivity contribution in [3.63, 3.8) is 0 Å². The van der Waals surface area contributed by atoms with Gasteiger partial charge in [0.05, 0.1) is 0 Å². The van der Waals surface area contributed by atoms with Crippen LogP contribution in [0.15, 0.2) is 12.0 Å². The Kier molecular flexibility index (Phi) is 5.60. The molecule has 0 aromatic rings. The third-order valence-electron chi connectivity index (χ3n) is 2.34. The first-order valence-corrected chi connectivity index (χ1v) is 4.74. The van der Waals surface area contributed by atoms with Crippen LogP contribution in [0.25, 0.3) is 0 Å². The summed E-state index contributed by atoms with van der Waals surface area (Å²) in [4.78, 5) is 0. The molecule has 0 fully saturated rings. The first-order valence-electron chi connectivity index (χ1n) is 4.74. The Balaban J connectivity index is 3.76. The van der Waals surface area contributed by atoms with Gasteiger partial charge in [0, 0.05) is 0 Å². The van der Waals surface area contributed by atoms with Gasteiger partial charge in [0.25, 0.3) is 0 Å². The number of allylic oxidation sites excluding steroid dienone is 1. The van der Waals surface area contributed by atoms with Crippen molar-refractivity contribution in [2.24, 2.45) is 17.6 Å². The monoisotopic (exact) mass is 171 g/mol. The van der Waals surface area contributed by atoms with E-state index in [1.165, 1.54) is 19.3 Å². The van der Waals surface area contributed by atoms with Crippen LogP contribution in [0.4, 0.5) is 0 Å². The Bertz CT molecular complexity index is 139. The minimum atomic E-state index is -0.0501. The number of aliphatic hydroxyl groups excluding tert-OH is 1.